The topological polar surface area (TPSA) is 35.5 Å². The van der Waals surface area contributed by atoms with Crippen LogP contribution in [0.2, 0.25) is 0 Å². The molecule has 2 bridgehead atoms. The molecular formula is C14H22O3. The smallest absolute Gasteiger partial charge is 0.434 e. The third-order valence-electron chi connectivity index (χ3n) is 4.00. The van der Waals surface area contributed by atoms with E-state index in [1.165, 1.54) is 6.42 Å². The van der Waals surface area contributed by atoms with E-state index in [4.69, 9.17) is 9.47 Å². The molecule has 1 saturated carbocycles. The van der Waals surface area contributed by atoms with Crippen molar-refractivity contribution in [3.63, 3.8) is 0 Å². The molecule has 2 rings (SSSR count). The van der Waals surface area contributed by atoms with Crippen molar-refractivity contribution in [1.29, 1.82) is 0 Å². The Hall–Kier alpha value is -0.990. The number of fused-ring (bicyclic) bond motifs is 2. The molecule has 0 saturated heterocycles. The average molecular weight is 238 g/mol. The van der Waals surface area contributed by atoms with Gasteiger partial charge in [0.1, 0.15) is 6.10 Å². The Labute approximate surface area is 103 Å². The second-order valence-corrected chi connectivity index (χ2v) is 5.21. The van der Waals surface area contributed by atoms with E-state index in [2.05, 4.69) is 19.1 Å². The molecule has 0 aromatic rings. The second kappa shape index (κ2) is 5.11. The third kappa shape index (κ3) is 2.48. The molecule has 0 amide bonds. The first kappa shape index (κ1) is 12.5. The van der Waals surface area contributed by atoms with Gasteiger partial charge in [0.2, 0.25) is 0 Å². The molecule has 3 unspecified atom stereocenters. The number of rotatable bonds is 5. The summed E-state index contributed by atoms with van der Waals surface area (Å²) < 4.78 is 10.5. The number of hydrogen-bond donors (Lipinski definition) is 0. The molecule has 17 heavy (non-hydrogen) atoms. The molecule has 0 aromatic heterocycles. The fourth-order valence-electron chi connectivity index (χ4n) is 3.13. The lowest BCUT2D eigenvalue weighted by Crippen LogP contribution is -2.34. The van der Waals surface area contributed by atoms with E-state index < -0.39 is 6.16 Å². The highest BCUT2D eigenvalue weighted by molar-refractivity contribution is 5.60. The Bertz CT molecular complexity index is 311. The van der Waals surface area contributed by atoms with Crippen LogP contribution in [-0.2, 0) is 9.47 Å². The zero-order chi connectivity index (χ0) is 12.3. The van der Waals surface area contributed by atoms with Gasteiger partial charge in [0.15, 0.2) is 0 Å². The molecule has 0 aromatic carbocycles. The van der Waals surface area contributed by atoms with Gasteiger partial charge in [-0.1, -0.05) is 26.0 Å². The minimum atomic E-state index is -0.503. The highest BCUT2D eigenvalue weighted by Crippen LogP contribution is 2.52. The number of allylic oxidation sites excluding steroid dienone is 1. The summed E-state index contributed by atoms with van der Waals surface area (Å²) in [5.74, 6) is 0.708. The van der Waals surface area contributed by atoms with Gasteiger partial charge in [-0.05, 0) is 38.0 Å². The van der Waals surface area contributed by atoms with Crippen LogP contribution in [0.25, 0.3) is 0 Å². The Kier molecular flexibility index (Phi) is 3.75. The molecule has 0 spiro atoms. The van der Waals surface area contributed by atoms with Crippen molar-refractivity contribution in [2.45, 2.75) is 52.1 Å². The van der Waals surface area contributed by atoms with E-state index in [0.29, 0.717) is 12.5 Å². The summed E-state index contributed by atoms with van der Waals surface area (Å²) in [4.78, 5) is 11.5. The van der Waals surface area contributed by atoms with Crippen LogP contribution < -0.4 is 0 Å². The summed E-state index contributed by atoms with van der Waals surface area (Å²) in [5, 5.41) is 0. The summed E-state index contributed by atoms with van der Waals surface area (Å²) in [6.07, 6.45) is 9.25. The van der Waals surface area contributed by atoms with Crippen molar-refractivity contribution in [1.82, 2.24) is 0 Å². The van der Waals surface area contributed by atoms with E-state index in [1.54, 1.807) is 0 Å². The number of ether oxygens (including phenoxy) is 2. The fourth-order valence-corrected chi connectivity index (χ4v) is 3.13. The van der Waals surface area contributed by atoms with Crippen LogP contribution in [0.5, 0.6) is 0 Å². The summed E-state index contributed by atoms with van der Waals surface area (Å²) >= 11 is 0. The van der Waals surface area contributed by atoms with Gasteiger partial charge in [-0.15, -0.1) is 0 Å². The predicted octanol–water partition coefficient (Wildman–Crippen LogP) is 3.68. The SMILES string of the molecule is CCCOC(=O)OC(CC)C12C=CC(CC1)C2. The van der Waals surface area contributed by atoms with Crippen LogP contribution in [0, 0.1) is 11.3 Å². The lowest BCUT2D eigenvalue weighted by molar-refractivity contribution is -0.0174. The van der Waals surface area contributed by atoms with Gasteiger partial charge >= 0.3 is 6.16 Å². The first-order valence-electron chi connectivity index (χ1n) is 6.73. The minimum absolute atomic E-state index is 0.0180. The van der Waals surface area contributed by atoms with Crippen LogP contribution >= 0.6 is 0 Å². The van der Waals surface area contributed by atoms with Crippen LogP contribution in [0.1, 0.15) is 46.0 Å². The summed E-state index contributed by atoms with van der Waals surface area (Å²) in [5.41, 5.74) is 0.102. The fraction of sp³-hybridized carbons (Fsp3) is 0.786. The third-order valence-corrected chi connectivity index (χ3v) is 4.00. The lowest BCUT2D eigenvalue weighted by atomic mass is 9.80. The Morgan fingerprint density at radius 3 is 2.82 bits per heavy atom. The van der Waals surface area contributed by atoms with E-state index in [0.717, 1.165) is 25.7 Å². The van der Waals surface area contributed by atoms with E-state index in [-0.39, 0.29) is 11.5 Å². The largest absolute Gasteiger partial charge is 0.508 e. The molecule has 3 nitrogen and oxygen atoms in total. The van der Waals surface area contributed by atoms with Crippen LogP contribution in [-0.4, -0.2) is 18.9 Å². The van der Waals surface area contributed by atoms with E-state index in [1.807, 2.05) is 6.92 Å². The molecule has 0 heterocycles. The Morgan fingerprint density at radius 2 is 2.35 bits per heavy atom. The Balaban J connectivity index is 1.93. The zero-order valence-electron chi connectivity index (χ0n) is 10.8. The normalized spacial score (nSPS) is 31.5. The van der Waals surface area contributed by atoms with Gasteiger partial charge in [-0.25, -0.2) is 4.79 Å². The van der Waals surface area contributed by atoms with Crippen molar-refractivity contribution in [3.05, 3.63) is 12.2 Å². The molecule has 0 aliphatic heterocycles. The molecule has 3 heteroatoms. The molecule has 96 valence electrons. The maximum absolute atomic E-state index is 11.5. The average Bonchev–Trinajstić information content (AvgIpc) is 2.94. The highest BCUT2D eigenvalue weighted by Gasteiger charge is 2.47. The van der Waals surface area contributed by atoms with Gasteiger partial charge in [0.05, 0.1) is 6.61 Å². The number of hydrogen-bond acceptors (Lipinski definition) is 3. The molecule has 0 radical (unpaired) electrons. The van der Waals surface area contributed by atoms with Crippen molar-refractivity contribution in [3.8, 4) is 0 Å². The molecule has 0 N–H and O–H groups in total. The van der Waals surface area contributed by atoms with Crippen molar-refractivity contribution >= 4 is 6.16 Å². The predicted molar refractivity (Wildman–Crippen MR) is 65.7 cm³/mol. The monoisotopic (exact) mass is 238 g/mol. The van der Waals surface area contributed by atoms with E-state index >= 15 is 0 Å². The van der Waals surface area contributed by atoms with Crippen LogP contribution in [0.4, 0.5) is 4.79 Å². The number of carbonyl (C=O) groups is 1. The van der Waals surface area contributed by atoms with Crippen molar-refractivity contribution in [2.75, 3.05) is 6.61 Å². The minimum Gasteiger partial charge on any atom is -0.434 e. The zero-order valence-corrected chi connectivity index (χ0v) is 10.8. The Morgan fingerprint density at radius 1 is 1.53 bits per heavy atom. The van der Waals surface area contributed by atoms with Crippen LogP contribution in [0.3, 0.4) is 0 Å². The maximum atomic E-state index is 11.5. The standard InChI is InChI=1S/C14H22O3/c1-3-9-16-13(15)17-12(4-2)14-7-5-11(10-14)6-8-14/h5,7,11-12H,3-4,6,8-10H2,1-2H3. The molecule has 2 aliphatic carbocycles. The van der Waals surface area contributed by atoms with E-state index in [9.17, 15) is 4.79 Å². The van der Waals surface area contributed by atoms with Crippen molar-refractivity contribution in [2.24, 2.45) is 11.3 Å². The number of carbonyl (C=O) groups excluding carboxylic acids is 1. The highest BCUT2D eigenvalue weighted by atomic mass is 16.7. The lowest BCUT2D eigenvalue weighted by Gasteiger charge is -2.32. The summed E-state index contributed by atoms with van der Waals surface area (Å²) in [7, 11) is 0. The maximum Gasteiger partial charge on any atom is 0.508 e. The van der Waals surface area contributed by atoms with Gasteiger partial charge in [-0.2, -0.15) is 0 Å². The van der Waals surface area contributed by atoms with Crippen molar-refractivity contribution < 1.29 is 14.3 Å². The molecule has 3 atom stereocenters. The van der Waals surface area contributed by atoms with Crippen LogP contribution in [0.15, 0.2) is 12.2 Å². The summed E-state index contributed by atoms with van der Waals surface area (Å²) in [6.45, 7) is 4.50. The first-order chi connectivity index (χ1) is 8.20. The van der Waals surface area contributed by atoms with Gasteiger partial charge in [-0.3, -0.25) is 0 Å². The molecule has 2 aliphatic rings. The van der Waals surface area contributed by atoms with Gasteiger partial charge in [0, 0.05) is 5.41 Å². The van der Waals surface area contributed by atoms with Gasteiger partial charge < -0.3 is 9.47 Å². The first-order valence-corrected chi connectivity index (χ1v) is 6.73. The van der Waals surface area contributed by atoms with Gasteiger partial charge in [0.25, 0.3) is 0 Å². The second-order valence-electron chi connectivity index (χ2n) is 5.21. The molecule has 1 fully saturated rings. The molecular weight excluding hydrogens is 216 g/mol. The quantitative estimate of drug-likeness (QED) is 0.541. The summed E-state index contributed by atoms with van der Waals surface area (Å²) in [6, 6.07) is 0.